The van der Waals surface area contributed by atoms with Crippen molar-refractivity contribution in [1.29, 1.82) is 0 Å². The number of nitrogens with two attached hydrogens (primary N) is 1. The second-order valence-electron chi connectivity index (χ2n) is 4.18. The van der Waals surface area contributed by atoms with Crippen molar-refractivity contribution in [2.24, 2.45) is 5.73 Å². The molecule has 0 aliphatic heterocycles. The lowest BCUT2D eigenvalue weighted by atomic mass is 10.1. The van der Waals surface area contributed by atoms with E-state index in [-0.39, 0.29) is 6.04 Å². The molecule has 1 atom stereocenters. The van der Waals surface area contributed by atoms with Gasteiger partial charge in [0.25, 0.3) is 0 Å². The number of hydrogen-bond acceptors (Lipinski definition) is 3. The molecular weight excluding hydrogens is 262 g/mol. The minimum Gasteiger partial charge on any atom is -0.377 e. The molecule has 0 fully saturated rings. The van der Waals surface area contributed by atoms with Crippen LogP contribution in [-0.4, -0.2) is 10.9 Å². The Morgan fingerprint density at radius 3 is 2.74 bits per heavy atom. The largest absolute Gasteiger partial charge is 0.377 e. The quantitative estimate of drug-likeness (QED) is 0.901. The molecule has 0 aliphatic carbocycles. The first kappa shape index (κ1) is 13.4. The summed E-state index contributed by atoms with van der Waals surface area (Å²) in [4.78, 5) is 15.4. The first-order chi connectivity index (χ1) is 9.08. The lowest BCUT2D eigenvalue weighted by Gasteiger charge is -2.15. The van der Waals surface area contributed by atoms with E-state index in [0.29, 0.717) is 10.6 Å². The Hall–Kier alpha value is -2.07. The van der Waals surface area contributed by atoms with Crippen LogP contribution in [0.4, 0.5) is 5.69 Å². The van der Waals surface area contributed by atoms with E-state index in [1.54, 1.807) is 24.4 Å². The number of benzene rings is 1. The van der Waals surface area contributed by atoms with E-state index >= 15 is 0 Å². The van der Waals surface area contributed by atoms with Gasteiger partial charge >= 0.3 is 0 Å². The topological polar surface area (TPSA) is 68.0 Å². The summed E-state index contributed by atoms with van der Waals surface area (Å²) >= 11 is 6.00. The summed E-state index contributed by atoms with van der Waals surface area (Å²) in [5.74, 6) is -0.533. The third-order valence-electron chi connectivity index (χ3n) is 2.75. The Kier molecular flexibility index (Phi) is 4.02. The number of primary amides is 1. The summed E-state index contributed by atoms with van der Waals surface area (Å²) in [5, 5.41) is 3.60. The Morgan fingerprint density at radius 1 is 1.37 bits per heavy atom. The summed E-state index contributed by atoms with van der Waals surface area (Å²) in [6, 6.07) is 10.8. The second-order valence-corrected chi connectivity index (χ2v) is 4.59. The molecule has 1 heterocycles. The molecule has 0 saturated carbocycles. The van der Waals surface area contributed by atoms with Gasteiger partial charge in [0.2, 0.25) is 5.91 Å². The maximum atomic E-state index is 11.1. The molecule has 5 heteroatoms. The molecule has 1 aromatic carbocycles. The van der Waals surface area contributed by atoms with Gasteiger partial charge in [-0.05, 0) is 37.3 Å². The van der Waals surface area contributed by atoms with E-state index in [2.05, 4.69) is 10.3 Å². The number of hydrogen-bond donors (Lipinski definition) is 2. The lowest BCUT2D eigenvalue weighted by Crippen LogP contribution is -2.12. The van der Waals surface area contributed by atoms with E-state index in [9.17, 15) is 4.79 Å². The van der Waals surface area contributed by atoms with E-state index in [1.807, 2.05) is 25.1 Å². The third kappa shape index (κ3) is 3.23. The van der Waals surface area contributed by atoms with Crippen LogP contribution in [0.1, 0.15) is 29.0 Å². The number of carbonyl (C=O) groups excluding carboxylic acids is 1. The maximum absolute atomic E-state index is 11.1. The number of nitrogens with zero attached hydrogens (tertiary/aromatic N) is 1. The lowest BCUT2D eigenvalue weighted by molar-refractivity contribution is 0.100. The summed E-state index contributed by atoms with van der Waals surface area (Å²) in [6.45, 7) is 2.00. The molecule has 4 nitrogen and oxygen atoms in total. The van der Waals surface area contributed by atoms with Crippen LogP contribution in [0.15, 0.2) is 42.6 Å². The fraction of sp³-hybridized carbons (Fsp3) is 0.143. The van der Waals surface area contributed by atoms with Gasteiger partial charge in [0.1, 0.15) is 0 Å². The molecule has 1 amide bonds. The monoisotopic (exact) mass is 275 g/mol. The van der Waals surface area contributed by atoms with Gasteiger partial charge < -0.3 is 11.1 Å². The van der Waals surface area contributed by atoms with Gasteiger partial charge in [-0.15, -0.1) is 0 Å². The summed E-state index contributed by atoms with van der Waals surface area (Å²) in [6.07, 6.45) is 1.75. The van der Waals surface area contributed by atoms with E-state index in [0.717, 1.165) is 11.4 Å². The molecule has 0 saturated heterocycles. The molecule has 19 heavy (non-hydrogen) atoms. The van der Waals surface area contributed by atoms with Crippen LogP contribution >= 0.6 is 11.6 Å². The highest BCUT2D eigenvalue weighted by atomic mass is 35.5. The number of halogens is 1. The predicted molar refractivity (Wildman–Crippen MR) is 76.2 cm³/mol. The summed E-state index contributed by atoms with van der Waals surface area (Å²) < 4.78 is 0. The van der Waals surface area contributed by atoms with Crippen LogP contribution in [0.5, 0.6) is 0 Å². The Labute approximate surface area is 116 Å². The normalized spacial score (nSPS) is 11.9. The highest BCUT2D eigenvalue weighted by molar-refractivity contribution is 6.34. The van der Waals surface area contributed by atoms with Gasteiger partial charge in [-0.3, -0.25) is 9.78 Å². The van der Waals surface area contributed by atoms with Crippen LogP contribution in [0, 0.1) is 0 Å². The molecule has 3 N–H and O–H groups in total. The number of nitrogens with one attached hydrogen (secondary N) is 1. The standard InChI is InChI=1S/C14H14ClN3O/c1-9(13-4-2-3-7-17-13)18-10-5-6-11(14(16)19)12(15)8-10/h2-9,18H,1H3,(H2,16,19). The van der Waals surface area contributed by atoms with Crippen molar-refractivity contribution in [3.63, 3.8) is 0 Å². The minimum atomic E-state index is -0.533. The minimum absolute atomic E-state index is 0.0386. The molecule has 2 rings (SSSR count). The van der Waals surface area contributed by atoms with Crippen molar-refractivity contribution in [3.8, 4) is 0 Å². The fourth-order valence-electron chi connectivity index (χ4n) is 1.76. The molecule has 98 valence electrons. The fourth-order valence-corrected chi connectivity index (χ4v) is 2.03. The highest BCUT2D eigenvalue weighted by Crippen LogP contribution is 2.23. The average molecular weight is 276 g/mol. The van der Waals surface area contributed by atoms with Crippen molar-refractivity contribution in [2.45, 2.75) is 13.0 Å². The molecule has 0 aliphatic rings. The van der Waals surface area contributed by atoms with Crippen molar-refractivity contribution >= 4 is 23.2 Å². The molecule has 1 aromatic heterocycles. The molecule has 2 aromatic rings. The maximum Gasteiger partial charge on any atom is 0.250 e. The van der Waals surface area contributed by atoms with E-state index < -0.39 is 5.91 Å². The van der Waals surface area contributed by atoms with Gasteiger partial charge in [-0.25, -0.2) is 0 Å². The first-order valence-electron chi connectivity index (χ1n) is 5.84. The number of anilines is 1. The highest BCUT2D eigenvalue weighted by Gasteiger charge is 2.10. The zero-order valence-electron chi connectivity index (χ0n) is 10.4. The number of rotatable bonds is 4. The third-order valence-corrected chi connectivity index (χ3v) is 3.06. The Morgan fingerprint density at radius 2 is 2.16 bits per heavy atom. The van der Waals surface area contributed by atoms with Crippen molar-refractivity contribution < 1.29 is 4.79 Å². The number of carbonyl (C=O) groups is 1. The first-order valence-corrected chi connectivity index (χ1v) is 6.22. The zero-order valence-corrected chi connectivity index (χ0v) is 11.2. The van der Waals surface area contributed by atoms with Gasteiger partial charge in [0.05, 0.1) is 22.3 Å². The van der Waals surface area contributed by atoms with E-state index in [1.165, 1.54) is 0 Å². The van der Waals surface area contributed by atoms with Gasteiger partial charge in [-0.2, -0.15) is 0 Å². The average Bonchev–Trinajstić information content (AvgIpc) is 2.39. The van der Waals surface area contributed by atoms with Crippen molar-refractivity contribution in [2.75, 3.05) is 5.32 Å². The van der Waals surface area contributed by atoms with Gasteiger partial charge in [0.15, 0.2) is 0 Å². The van der Waals surface area contributed by atoms with Crippen molar-refractivity contribution in [1.82, 2.24) is 4.98 Å². The van der Waals surface area contributed by atoms with Crippen LogP contribution in [0.2, 0.25) is 5.02 Å². The summed E-state index contributed by atoms with van der Waals surface area (Å²) in [5.41, 5.74) is 7.26. The zero-order chi connectivity index (χ0) is 13.8. The van der Waals surface area contributed by atoms with E-state index in [4.69, 9.17) is 17.3 Å². The molecule has 1 unspecified atom stereocenters. The van der Waals surface area contributed by atoms with Gasteiger partial charge in [-0.1, -0.05) is 17.7 Å². The van der Waals surface area contributed by atoms with Gasteiger partial charge in [0, 0.05) is 11.9 Å². The molecule has 0 radical (unpaired) electrons. The Balaban J connectivity index is 2.16. The molecule has 0 spiro atoms. The molecule has 0 bridgehead atoms. The van der Waals surface area contributed by atoms with Crippen LogP contribution in [-0.2, 0) is 0 Å². The Bertz CT molecular complexity index is 586. The van der Waals surface area contributed by atoms with Crippen LogP contribution in [0.3, 0.4) is 0 Å². The number of pyridine rings is 1. The molecular formula is C14H14ClN3O. The predicted octanol–water partition coefficient (Wildman–Crippen LogP) is 3.01. The summed E-state index contributed by atoms with van der Waals surface area (Å²) in [7, 11) is 0. The number of aromatic nitrogens is 1. The van der Waals surface area contributed by atoms with Crippen LogP contribution < -0.4 is 11.1 Å². The number of amides is 1. The SMILES string of the molecule is CC(Nc1ccc(C(N)=O)c(Cl)c1)c1ccccn1. The van der Waals surface area contributed by atoms with Crippen LogP contribution in [0.25, 0.3) is 0 Å². The second kappa shape index (κ2) is 5.71. The smallest absolute Gasteiger partial charge is 0.250 e. The van der Waals surface area contributed by atoms with Crippen molar-refractivity contribution in [3.05, 3.63) is 58.9 Å².